The lowest BCUT2D eigenvalue weighted by Crippen LogP contribution is -2.48. The number of carboxylic acid groups (broad SMARTS) is 1. The van der Waals surface area contributed by atoms with Crippen LogP contribution in [0.1, 0.15) is 34.9 Å². The van der Waals surface area contributed by atoms with E-state index in [2.05, 4.69) is 19.9 Å². The van der Waals surface area contributed by atoms with Crippen molar-refractivity contribution in [2.75, 3.05) is 38.1 Å². The molecule has 2 atom stereocenters. The maximum Gasteiger partial charge on any atom is 0.412 e. The lowest BCUT2D eigenvalue weighted by Gasteiger charge is -2.33. The minimum absolute atomic E-state index is 0.177. The normalized spacial score (nSPS) is 18.8. The van der Waals surface area contributed by atoms with E-state index in [0.717, 1.165) is 18.7 Å². The van der Waals surface area contributed by atoms with Gasteiger partial charge >= 0.3 is 12.1 Å². The molecular formula is C21H26N6O6. The third-order valence-electron chi connectivity index (χ3n) is 5.09. The first-order valence-electron chi connectivity index (χ1n) is 10.3. The number of fused-ring (bicyclic) bond motifs is 1. The first-order chi connectivity index (χ1) is 15.7. The van der Waals surface area contributed by atoms with Gasteiger partial charge in [-0.25, -0.2) is 24.5 Å². The number of anilines is 1. The van der Waals surface area contributed by atoms with Gasteiger partial charge in [-0.3, -0.25) is 9.78 Å². The Bertz CT molecular complexity index is 1010. The first kappa shape index (κ1) is 24.0. The monoisotopic (exact) mass is 458 g/mol. The van der Waals surface area contributed by atoms with Gasteiger partial charge in [-0.15, -0.1) is 0 Å². The number of hydrogen-bond acceptors (Lipinski definition) is 9. The average Bonchev–Trinajstić information content (AvgIpc) is 3.07. The number of pyridine rings is 1. The highest BCUT2D eigenvalue weighted by Gasteiger charge is 2.44. The lowest BCUT2D eigenvalue weighted by molar-refractivity contribution is -0.145. The summed E-state index contributed by atoms with van der Waals surface area (Å²) in [5.74, 6) is -1.18. The molecule has 2 amide bonds. The Labute approximate surface area is 190 Å². The molecule has 4 heterocycles. The van der Waals surface area contributed by atoms with Gasteiger partial charge in [0, 0.05) is 44.8 Å². The first-order valence-corrected chi connectivity index (χ1v) is 10.3. The van der Waals surface area contributed by atoms with Crippen LogP contribution >= 0.6 is 0 Å². The van der Waals surface area contributed by atoms with Crippen molar-refractivity contribution >= 4 is 23.8 Å². The van der Waals surface area contributed by atoms with E-state index < -0.39 is 24.4 Å². The van der Waals surface area contributed by atoms with Gasteiger partial charge in [0.25, 0.3) is 5.91 Å². The minimum atomic E-state index is -1.23. The Balaban J connectivity index is 0.000000454. The molecule has 0 bridgehead atoms. The Kier molecular flexibility index (Phi) is 7.51. The number of aliphatic hydroxyl groups is 1. The zero-order valence-electron chi connectivity index (χ0n) is 18.6. The molecule has 0 saturated carbocycles. The molecule has 0 aliphatic carbocycles. The highest BCUT2D eigenvalue weighted by atomic mass is 16.6. The van der Waals surface area contributed by atoms with Crippen LogP contribution in [0, 0.1) is 6.92 Å². The lowest BCUT2D eigenvalue weighted by atomic mass is 10.3. The van der Waals surface area contributed by atoms with Crippen LogP contribution in [-0.2, 0) is 9.53 Å². The number of carbonyl (C=O) groups is 3. The molecule has 2 N–H and O–H groups in total. The molecule has 2 aliphatic heterocycles. The molecule has 2 aromatic heterocycles. The number of piperazine rings is 1. The fourth-order valence-electron chi connectivity index (χ4n) is 3.13. The van der Waals surface area contributed by atoms with Crippen LogP contribution in [0.4, 0.5) is 10.6 Å². The summed E-state index contributed by atoms with van der Waals surface area (Å²) < 4.78 is 5.71. The summed E-state index contributed by atoms with van der Waals surface area (Å²) in [6, 6.07) is 3.56. The summed E-state index contributed by atoms with van der Waals surface area (Å²) in [4.78, 5) is 52.8. The standard InChI is InChI=1S/C18H20N6O3.C3H6O3/c1-12-3-4-13(21-11-12)24-16(25)14-15(20-6-5-19-14)17(24)27-18(26)23-9-7-22(2)8-10-23;1-2(4)3(5)6/h3-6,11,17H,7-10H2,1-2H3;2,4H,1H3,(H,5,6)/t17-;2-/m00/s1. The van der Waals surface area contributed by atoms with Crippen LogP contribution in [0.5, 0.6) is 0 Å². The maximum atomic E-state index is 12.9. The number of carboxylic acids is 1. The molecule has 1 fully saturated rings. The number of aliphatic carboxylic acids is 1. The summed E-state index contributed by atoms with van der Waals surface area (Å²) in [6.45, 7) is 5.81. The van der Waals surface area contributed by atoms with Gasteiger partial charge in [0.15, 0.2) is 5.69 Å². The fraction of sp³-hybridized carbons (Fsp3) is 0.429. The van der Waals surface area contributed by atoms with Crippen molar-refractivity contribution in [1.29, 1.82) is 0 Å². The van der Waals surface area contributed by atoms with Gasteiger partial charge in [0.1, 0.15) is 17.6 Å². The van der Waals surface area contributed by atoms with Crippen LogP contribution in [0.25, 0.3) is 0 Å². The van der Waals surface area contributed by atoms with Crippen molar-refractivity contribution in [3.63, 3.8) is 0 Å². The third-order valence-corrected chi connectivity index (χ3v) is 5.09. The number of hydrogen-bond donors (Lipinski definition) is 2. The molecule has 1 saturated heterocycles. The van der Waals surface area contributed by atoms with Crippen molar-refractivity contribution in [1.82, 2.24) is 24.8 Å². The van der Waals surface area contributed by atoms with Gasteiger partial charge < -0.3 is 24.7 Å². The summed E-state index contributed by atoms with van der Waals surface area (Å²) in [5, 5.41) is 15.8. The number of aliphatic hydroxyl groups excluding tert-OH is 1. The largest absolute Gasteiger partial charge is 0.479 e. The number of rotatable bonds is 3. The van der Waals surface area contributed by atoms with E-state index >= 15 is 0 Å². The zero-order chi connectivity index (χ0) is 24.1. The van der Waals surface area contributed by atoms with E-state index in [4.69, 9.17) is 14.9 Å². The van der Waals surface area contributed by atoms with Gasteiger partial charge in [0.05, 0.1) is 0 Å². The molecule has 2 aliphatic rings. The van der Waals surface area contributed by atoms with Crippen molar-refractivity contribution in [3.05, 3.63) is 47.7 Å². The molecule has 176 valence electrons. The van der Waals surface area contributed by atoms with E-state index in [-0.39, 0.29) is 11.6 Å². The summed E-state index contributed by atoms with van der Waals surface area (Å²) in [6.07, 6.45) is 1.90. The molecule has 12 heteroatoms. The summed E-state index contributed by atoms with van der Waals surface area (Å²) in [5.41, 5.74) is 1.47. The zero-order valence-corrected chi connectivity index (χ0v) is 18.6. The van der Waals surface area contributed by atoms with E-state index in [0.29, 0.717) is 24.6 Å². The van der Waals surface area contributed by atoms with Gasteiger partial charge in [-0.1, -0.05) is 6.07 Å². The number of nitrogens with zero attached hydrogens (tertiary/aromatic N) is 6. The smallest absolute Gasteiger partial charge is 0.412 e. The predicted octanol–water partition coefficient (Wildman–Crippen LogP) is 0.675. The van der Waals surface area contributed by atoms with Gasteiger partial charge in [-0.2, -0.15) is 0 Å². The van der Waals surface area contributed by atoms with E-state index in [1.165, 1.54) is 24.2 Å². The molecule has 0 spiro atoms. The highest BCUT2D eigenvalue weighted by molar-refractivity contribution is 6.08. The Hall–Kier alpha value is -3.64. The molecular weight excluding hydrogens is 432 g/mol. The second-order valence-corrected chi connectivity index (χ2v) is 7.70. The predicted molar refractivity (Wildman–Crippen MR) is 115 cm³/mol. The second-order valence-electron chi connectivity index (χ2n) is 7.70. The van der Waals surface area contributed by atoms with Crippen LogP contribution in [-0.4, -0.2) is 92.3 Å². The molecule has 4 rings (SSSR count). The van der Waals surface area contributed by atoms with Crippen LogP contribution in [0.3, 0.4) is 0 Å². The molecule has 2 aromatic rings. The number of aromatic nitrogens is 3. The maximum absolute atomic E-state index is 12.9. The molecule has 0 aromatic carbocycles. The van der Waals surface area contributed by atoms with E-state index in [9.17, 15) is 14.4 Å². The van der Waals surface area contributed by atoms with Crippen molar-refractivity contribution < 1.29 is 29.3 Å². The summed E-state index contributed by atoms with van der Waals surface area (Å²) >= 11 is 0. The van der Waals surface area contributed by atoms with Gasteiger partial charge in [-0.05, 0) is 32.5 Å². The number of ether oxygens (including phenoxy) is 1. The van der Waals surface area contributed by atoms with Gasteiger partial charge in [0.2, 0.25) is 6.23 Å². The topological polar surface area (TPSA) is 149 Å². The molecule has 0 unspecified atom stereocenters. The van der Waals surface area contributed by atoms with Crippen molar-refractivity contribution in [2.24, 2.45) is 0 Å². The summed E-state index contributed by atoms with van der Waals surface area (Å²) in [7, 11) is 2.01. The van der Waals surface area contributed by atoms with Crippen LogP contribution in [0.2, 0.25) is 0 Å². The Morgan fingerprint density at radius 3 is 2.33 bits per heavy atom. The number of aryl methyl sites for hydroxylation is 1. The van der Waals surface area contributed by atoms with E-state index in [1.807, 2.05) is 20.0 Å². The SMILES string of the molecule is C[C@H](O)C(=O)O.Cc1ccc(N2C(=O)c3nccnc3[C@@H]2OC(=O)N2CCN(C)CC2)nc1. The Morgan fingerprint density at radius 2 is 1.76 bits per heavy atom. The molecule has 0 radical (unpaired) electrons. The minimum Gasteiger partial charge on any atom is -0.479 e. The number of likely N-dealkylation sites (N-methyl/N-ethyl adjacent to an activating group) is 1. The molecule has 33 heavy (non-hydrogen) atoms. The van der Waals surface area contributed by atoms with Crippen molar-refractivity contribution in [2.45, 2.75) is 26.2 Å². The van der Waals surface area contributed by atoms with Crippen LogP contribution in [0.15, 0.2) is 30.7 Å². The second kappa shape index (κ2) is 10.3. The van der Waals surface area contributed by atoms with E-state index in [1.54, 1.807) is 17.2 Å². The van der Waals surface area contributed by atoms with Crippen molar-refractivity contribution in [3.8, 4) is 0 Å². The average molecular weight is 458 g/mol. The quantitative estimate of drug-likeness (QED) is 0.672. The Morgan fingerprint density at radius 1 is 1.12 bits per heavy atom. The third kappa shape index (κ3) is 5.59. The number of carbonyl (C=O) groups excluding carboxylic acids is 2. The fourth-order valence-corrected chi connectivity index (χ4v) is 3.13. The molecule has 12 nitrogen and oxygen atoms in total. The van der Waals surface area contributed by atoms with Crippen LogP contribution < -0.4 is 4.90 Å². The number of amides is 2. The highest BCUT2D eigenvalue weighted by Crippen LogP contribution is 2.35.